The Morgan fingerprint density at radius 2 is 1.75 bits per heavy atom. The van der Waals surface area contributed by atoms with E-state index in [1.54, 1.807) is 0 Å². The van der Waals surface area contributed by atoms with Crippen molar-refractivity contribution in [2.45, 2.75) is 65.8 Å². The van der Waals surface area contributed by atoms with Crippen molar-refractivity contribution in [1.82, 2.24) is 5.32 Å². The Kier molecular flexibility index (Phi) is 5.26. The lowest BCUT2D eigenvalue weighted by atomic mass is 9.70. The van der Waals surface area contributed by atoms with E-state index in [0.717, 1.165) is 12.5 Å². The third-order valence-electron chi connectivity index (χ3n) is 5.00. The second-order valence-corrected chi connectivity index (χ2v) is 7.36. The molecule has 1 unspecified atom stereocenters. The third-order valence-corrected chi connectivity index (χ3v) is 5.00. The van der Waals surface area contributed by atoms with Crippen LogP contribution in [0.5, 0.6) is 0 Å². The van der Waals surface area contributed by atoms with Crippen molar-refractivity contribution in [2.24, 2.45) is 11.3 Å². The molecule has 1 N–H and O–H groups in total. The van der Waals surface area contributed by atoms with E-state index in [-0.39, 0.29) is 0 Å². The van der Waals surface area contributed by atoms with Crippen LogP contribution < -0.4 is 5.32 Å². The molecule has 0 saturated heterocycles. The molecule has 1 aromatic rings. The van der Waals surface area contributed by atoms with Gasteiger partial charge in [-0.2, -0.15) is 0 Å². The van der Waals surface area contributed by atoms with Gasteiger partial charge in [-0.05, 0) is 62.5 Å². The summed E-state index contributed by atoms with van der Waals surface area (Å²) in [5.41, 5.74) is 3.40. The summed E-state index contributed by atoms with van der Waals surface area (Å²) in [6.07, 6.45) is 6.72. The first-order valence-corrected chi connectivity index (χ1v) is 8.29. The zero-order valence-electron chi connectivity index (χ0n) is 13.7. The fraction of sp³-hybridized carbons (Fsp3) is 0.684. The Labute approximate surface area is 125 Å². The van der Waals surface area contributed by atoms with Crippen LogP contribution >= 0.6 is 0 Å². The number of aryl methyl sites for hydroxylation is 1. The molecule has 0 radical (unpaired) electrons. The molecule has 20 heavy (non-hydrogen) atoms. The molecule has 2 rings (SSSR count). The van der Waals surface area contributed by atoms with Crippen molar-refractivity contribution in [3.05, 3.63) is 35.4 Å². The maximum atomic E-state index is 3.74. The highest BCUT2D eigenvalue weighted by atomic mass is 14.9. The van der Waals surface area contributed by atoms with Gasteiger partial charge in [0.1, 0.15) is 0 Å². The van der Waals surface area contributed by atoms with Crippen LogP contribution in [0.1, 0.15) is 57.6 Å². The molecule has 112 valence electrons. The molecule has 1 atom stereocenters. The average molecular weight is 273 g/mol. The number of rotatable bonds is 5. The summed E-state index contributed by atoms with van der Waals surface area (Å²) in [4.78, 5) is 0. The predicted octanol–water partition coefficient (Wildman–Crippen LogP) is 4.73. The third kappa shape index (κ3) is 4.34. The van der Waals surface area contributed by atoms with Gasteiger partial charge in [0.15, 0.2) is 0 Å². The summed E-state index contributed by atoms with van der Waals surface area (Å²) in [5.74, 6) is 0.851. The molecule has 1 aromatic carbocycles. The lowest BCUT2D eigenvalue weighted by Crippen LogP contribution is -2.40. The molecule has 1 heteroatoms. The van der Waals surface area contributed by atoms with E-state index in [4.69, 9.17) is 0 Å². The van der Waals surface area contributed by atoms with Crippen LogP contribution in [0.25, 0.3) is 0 Å². The quantitative estimate of drug-likeness (QED) is 0.817. The van der Waals surface area contributed by atoms with E-state index < -0.39 is 0 Å². The lowest BCUT2D eigenvalue weighted by molar-refractivity contribution is 0.161. The topological polar surface area (TPSA) is 12.0 Å². The maximum absolute atomic E-state index is 3.74. The van der Waals surface area contributed by atoms with E-state index in [9.17, 15) is 0 Å². The maximum Gasteiger partial charge on any atom is 0.0136 e. The summed E-state index contributed by atoms with van der Waals surface area (Å²) in [5, 5.41) is 3.74. The van der Waals surface area contributed by atoms with Crippen molar-refractivity contribution >= 4 is 0 Å². The first-order chi connectivity index (χ1) is 9.50. The van der Waals surface area contributed by atoms with E-state index in [0.29, 0.717) is 11.5 Å². The highest BCUT2D eigenvalue weighted by Gasteiger charge is 2.30. The predicted molar refractivity (Wildman–Crippen MR) is 88.1 cm³/mol. The monoisotopic (exact) mass is 273 g/mol. The number of likely N-dealkylation sites (N-methyl/N-ethyl adjacent to an activating group) is 1. The van der Waals surface area contributed by atoms with Crippen molar-refractivity contribution in [3.63, 3.8) is 0 Å². The minimum Gasteiger partial charge on any atom is -0.314 e. The Balaban J connectivity index is 1.98. The van der Waals surface area contributed by atoms with Crippen molar-refractivity contribution in [3.8, 4) is 0 Å². The summed E-state index contributed by atoms with van der Waals surface area (Å²) in [6.45, 7) is 10.3. The SMILES string of the molecule is CCNC(Cc1ccc(C)cc1)C1CCC(C)(C)CC1. The smallest absolute Gasteiger partial charge is 0.0136 e. The first-order valence-electron chi connectivity index (χ1n) is 8.29. The van der Waals surface area contributed by atoms with E-state index in [1.165, 1.54) is 43.2 Å². The molecule has 1 aliphatic carbocycles. The van der Waals surface area contributed by atoms with Gasteiger partial charge in [-0.3, -0.25) is 0 Å². The molecule has 0 bridgehead atoms. The fourth-order valence-corrected chi connectivity index (χ4v) is 3.47. The summed E-state index contributed by atoms with van der Waals surface area (Å²) in [7, 11) is 0. The van der Waals surface area contributed by atoms with Gasteiger partial charge in [0.05, 0.1) is 0 Å². The highest BCUT2D eigenvalue weighted by molar-refractivity contribution is 5.22. The van der Waals surface area contributed by atoms with Gasteiger partial charge in [-0.1, -0.05) is 50.6 Å². The second-order valence-electron chi connectivity index (χ2n) is 7.36. The van der Waals surface area contributed by atoms with Crippen LogP contribution in [0, 0.1) is 18.3 Å². The van der Waals surface area contributed by atoms with Gasteiger partial charge >= 0.3 is 0 Å². The molecule has 0 heterocycles. The fourth-order valence-electron chi connectivity index (χ4n) is 3.47. The van der Waals surface area contributed by atoms with Gasteiger partial charge in [0.2, 0.25) is 0 Å². The normalized spacial score (nSPS) is 20.8. The van der Waals surface area contributed by atoms with Gasteiger partial charge in [-0.25, -0.2) is 0 Å². The van der Waals surface area contributed by atoms with Gasteiger partial charge in [-0.15, -0.1) is 0 Å². The average Bonchev–Trinajstić information content (AvgIpc) is 2.41. The molecule has 1 saturated carbocycles. The molecule has 0 spiro atoms. The van der Waals surface area contributed by atoms with Crippen LogP contribution in [-0.4, -0.2) is 12.6 Å². The van der Waals surface area contributed by atoms with E-state index >= 15 is 0 Å². The zero-order chi connectivity index (χ0) is 14.6. The summed E-state index contributed by atoms with van der Waals surface area (Å²) >= 11 is 0. The van der Waals surface area contributed by atoms with Crippen LogP contribution in [0.4, 0.5) is 0 Å². The Morgan fingerprint density at radius 3 is 2.30 bits per heavy atom. The van der Waals surface area contributed by atoms with E-state index in [2.05, 4.69) is 57.3 Å². The van der Waals surface area contributed by atoms with Gasteiger partial charge in [0, 0.05) is 6.04 Å². The van der Waals surface area contributed by atoms with Crippen molar-refractivity contribution < 1.29 is 0 Å². The molecule has 0 amide bonds. The van der Waals surface area contributed by atoms with Gasteiger partial charge in [0.25, 0.3) is 0 Å². The molecular formula is C19H31N. The molecule has 0 aliphatic heterocycles. The van der Waals surface area contributed by atoms with Crippen LogP contribution in [-0.2, 0) is 6.42 Å². The summed E-state index contributed by atoms with van der Waals surface area (Å²) in [6, 6.07) is 9.72. The zero-order valence-corrected chi connectivity index (χ0v) is 13.7. The number of hydrogen-bond acceptors (Lipinski definition) is 1. The lowest BCUT2D eigenvalue weighted by Gasteiger charge is -2.38. The second kappa shape index (κ2) is 6.76. The molecular weight excluding hydrogens is 242 g/mol. The molecule has 1 aliphatic rings. The first kappa shape index (κ1) is 15.6. The molecule has 0 aromatic heterocycles. The number of hydrogen-bond donors (Lipinski definition) is 1. The van der Waals surface area contributed by atoms with Crippen LogP contribution in [0.3, 0.4) is 0 Å². The summed E-state index contributed by atoms with van der Waals surface area (Å²) < 4.78 is 0. The molecule has 1 fully saturated rings. The minimum atomic E-state index is 0.567. The Hall–Kier alpha value is -0.820. The molecule has 1 nitrogen and oxygen atoms in total. The van der Waals surface area contributed by atoms with E-state index in [1.807, 2.05) is 0 Å². The Bertz CT molecular complexity index is 394. The number of benzene rings is 1. The Morgan fingerprint density at radius 1 is 1.15 bits per heavy atom. The van der Waals surface area contributed by atoms with Crippen LogP contribution in [0.2, 0.25) is 0 Å². The van der Waals surface area contributed by atoms with Crippen molar-refractivity contribution in [1.29, 1.82) is 0 Å². The van der Waals surface area contributed by atoms with Crippen molar-refractivity contribution in [2.75, 3.05) is 6.54 Å². The highest BCUT2D eigenvalue weighted by Crippen LogP contribution is 2.39. The van der Waals surface area contributed by atoms with Crippen LogP contribution in [0.15, 0.2) is 24.3 Å². The standard InChI is InChI=1S/C19H31N/c1-5-20-18(14-16-8-6-15(2)7-9-16)17-10-12-19(3,4)13-11-17/h6-9,17-18,20H,5,10-14H2,1-4H3. The van der Waals surface area contributed by atoms with Gasteiger partial charge < -0.3 is 5.32 Å². The largest absolute Gasteiger partial charge is 0.314 e. The number of nitrogens with one attached hydrogen (secondary N) is 1. The minimum absolute atomic E-state index is 0.567.